The smallest absolute Gasteiger partial charge is 0.0413 e. The number of nitrogens with zero attached hydrogens (tertiary/aromatic N) is 1. The van der Waals surface area contributed by atoms with Crippen molar-refractivity contribution in [2.24, 2.45) is 0 Å². The van der Waals surface area contributed by atoms with Crippen LogP contribution in [0.15, 0.2) is 29.1 Å². The monoisotopic (exact) mass is 207 g/mol. The lowest BCUT2D eigenvalue weighted by atomic mass is 9.99. The van der Waals surface area contributed by atoms with Crippen molar-refractivity contribution in [1.29, 1.82) is 0 Å². The van der Waals surface area contributed by atoms with E-state index >= 15 is 0 Å². The summed E-state index contributed by atoms with van der Waals surface area (Å²) in [5.41, 5.74) is 2.48. The number of hydrogen-bond acceptors (Lipinski definition) is 2. The SMILES string of the molecule is C=CSc1cnc(C)cc1C(C)CC. The third-order valence-corrected chi connectivity index (χ3v) is 3.15. The Hall–Kier alpha value is -0.760. The third kappa shape index (κ3) is 2.61. The Morgan fingerprint density at radius 1 is 1.64 bits per heavy atom. The van der Waals surface area contributed by atoms with E-state index in [0.29, 0.717) is 5.92 Å². The second-order valence-electron chi connectivity index (χ2n) is 3.46. The second kappa shape index (κ2) is 5.20. The van der Waals surface area contributed by atoms with Gasteiger partial charge in [-0.15, -0.1) is 0 Å². The Bertz CT molecular complexity index is 320. The van der Waals surface area contributed by atoms with E-state index in [9.17, 15) is 0 Å². The summed E-state index contributed by atoms with van der Waals surface area (Å²) in [4.78, 5) is 5.54. The van der Waals surface area contributed by atoms with Gasteiger partial charge in [-0.3, -0.25) is 4.98 Å². The first kappa shape index (κ1) is 11.3. The van der Waals surface area contributed by atoms with Gasteiger partial charge in [0, 0.05) is 16.8 Å². The van der Waals surface area contributed by atoms with Crippen molar-refractivity contribution in [3.63, 3.8) is 0 Å². The molecule has 1 heterocycles. The molecule has 1 rings (SSSR count). The number of pyridine rings is 1. The second-order valence-corrected chi connectivity index (χ2v) is 4.47. The number of hydrogen-bond donors (Lipinski definition) is 0. The Morgan fingerprint density at radius 3 is 2.93 bits per heavy atom. The summed E-state index contributed by atoms with van der Waals surface area (Å²) in [6.07, 6.45) is 3.11. The van der Waals surface area contributed by atoms with Crippen molar-refractivity contribution in [1.82, 2.24) is 4.98 Å². The van der Waals surface area contributed by atoms with Crippen LogP contribution in [0.1, 0.15) is 37.4 Å². The molecule has 0 fully saturated rings. The topological polar surface area (TPSA) is 12.9 Å². The standard InChI is InChI=1S/C12H17NS/c1-5-9(3)11-7-10(4)13-8-12(11)14-6-2/h6-9H,2,5H2,1,3-4H3. The lowest BCUT2D eigenvalue weighted by Crippen LogP contribution is -1.96. The van der Waals surface area contributed by atoms with Gasteiger partial charge in [-0.2, -0.15) is 0 Å². The Balaban J connectivity index is 3.08. The molecule has 0 spiro atoms. The Labute approximate surface area is 90.6 Å². The van der Waals surface area contributed by atoms with Crippen LogP contribution in [0, 0.1) is 6.92 Å². The first-order valence-corrected chi connectivity index (χ1v) is 5.81. The zero-order valence-electron chi connectivity index (χ0n) is 9.08. The minimum Gasteiger partial charge on any atom is -0.260 e. The number of thioether (sulfide) groups is 1. The highest BCUT2D eigenvalue weighted by Gasteiger charge is 2.09. The molecule has 1 unspecified atom stereocenters. The number of rotatable bonds is 4. The molecule has 2 heteroatoms. The average molecular weight is 207 g/mol. The molecule has 1 aromatic rings. The molecule has 0 N–H and O–H groups in total. The molecule has 0 amide bonds. The zero-order valence-corrected chi connectivity index (χ0v) is 9.90. The summed E-state index contributed by atoms with van der Waals surface area (Å²) in [7, 11) is 0. The van der Waals surface area contributed by atoms with Crippen molar-refractivity contribution < 1.29 is 0 Å². The summed E-state index contributed by atoms with van der Waals surface area (Å²) < 4.78 is 0. The first-order valence-electron chi connectivity index (χ1n) is 4.93. The van der Waals surface area contributed by atoms with Crippen LogP contribution >= 0.6 is 11.8 Å². The molecule has 0 saturated carbocycles. The molecule has 0 radical (unpaired) electrons. The van der Waals surface area contributed by atoms with E-state index in [-0.39, 0.29) is 0 Å². The highest BCUT2D eigenvalue weighted by Crippen LogP contribution is 2.30. The van der Waals surface area contributed by atoms with Gasteiger partial charge in [0.05, 0.1) is 0 Å². The lowest BCUT2D eigenvalue weighted by Gasteiger charge is -2.13. The van der Waals surface area contributed by atoms with E-state index in [1.54, 1.807) is 11.8 Å². The summed E-state index contributed by atoms with van der Waals surface area (Å²) in [5.74, 6) is 0.596. The molecule has 76 valence electrons. The zero-order chi connectivity index (χ0) is 10.6. The summed E-state index contributed by atoms with van der Waals surface area (Å²) in [5, 5.41) is 1.86. The quantitative estimate of drug-likeness (QED) is 0.688. The predicted octanol–water partition coefficient (Wildman–Crippen LogP) is 4.14. The van der Waals surface area contributed by atoms with Gasteiger partial charge in [0.25, 0.3) is 0 Å². The van der Waals surface area contributed by atoms with Gasteiger partial charge in [-0.05, 0) is 36.3 Å². The van der Waals surface area contributed by atoms with E-state index in [2.05, 4.69) is 31.5 Å². The van der Waals surface area contributed by atoms with Crippen LogP contribution in [0.3, 0.4) is 0 Å². The highest BCUT2D eigenvalue weighted by molar-refractivity contribution is 8.02. The van der Waals surface area contributed by atoms with Crippen LogP contribution in [0.4, 0.5) is 0 Å². The van der Waals surface area contributed by atoms with Gasteiger partial charge in [0.15, 0.2) is 0 Å². The van der Waals surface area contributed by atoms with E-state index in [0.717, 1.165) is 12.1 Å². The Morgan fingerprint density at radius 2 is 2.36 bits per heavy atom. The van der Waals surface area contributed by atoms with Crippen molar-refractivity contribution >= 4 is 11.8 Å². The number of aryl methyl sites for hydroxylation is 1. The maximum Gasteiger partial charge on any atom is 0.0413 e. The van der Waals surface area contributed by atoms with Crippen LogP contribution in [0.2, 0.25) is 0 Å². The van der Waals surface area contributed by atoms with Gasteiger partial charge in [0.1, 0.15) is 0 Å². The summed E-state index contributed by atoms with van der Waals surface area (Å²) in [6.45, 7) is 10.2. The van der Waals surface area contributed by atoms with Crippen LogP contribution in [-0.2, 0) is 0 Å². The van der Waals surface area contributed by atoms with Gasteiger partial charge in [0.2, 0.25) is 0 Å². The van der Waals surface area contributed by atoms with Crippen molar-refractivity contribution in [3.8, 4) is 0 Å². The van der Waals surface area contributed by atoms with E-state index in [4.69, 9.17) is 0 Å². The van der Waals surface area contributed by atoms with Crippen LogP contribution in [-0.4, -0.2) is 4.98 Å². The molecule has 0 aromatic carbocycles. The van der Waals surface area contributed by atoms with Crippen LogP contribution < -0.4 is 0 Å². The predicted molar refractivity (Wildman–Crippen MR) is 63.7 cm³/mol. The van der Waals surface area contributed by atoms with E-state index < -0.39 is 0 Å². The Kier molecular flexibility index (Phi) is 4.21. The fourth-order valence-electron chi connectivity index (χ4n) is 1.36. The van der Waals surface area contributed by atoms with E-state index in [1.807, 2.05) is 18.5 Å². The fraction of sp³-hybridized carbons (Fsp3) is 0.417. The molecule has 0 saturated heterocycles. The largest absolute Gasteiger partial charge is 0.260 e. The van der Waals surface area contributed by atoms with Crippen molar-refractivity contribution in [2.75, 3.05) is 0 Å². The van der Waals surface area contributed by atoms with Gasteiger partial charge >= 0.3 is 0 Å². The first-order chi connectivity index (χ1) is 6.69. The third-order valence-electron chi connectivity index (χ3n) is 2.39. The maximum absolute atomic E-state index is 4.31. The van der Waals surface area contributed by atoms with E-state index in [1.165, 1.54) is 10.5 Å². The molecular formula is C12H17NS. The molecule has 0 aliphatic carbocycles. The maximum atomic E-state index is 4.31. The van der Waals surface area contributed by atoms with Crippen LogP contribution in [0.25, 0.3) is 0 Å². The van der Waals surface area contributed by atoms with Gasteiger partial charge in [-0.25, -0.2) is 0 Å². The normalized spacial score (nSPS) is 12.5. The van der Waals surface area contributed by atoms with Gasteiger partial charge in [-0.1, -0.05) is 32.2 Å². The summed E-state index contributed by atoms with van der Waals surface area (Å²) in [6, 6.07) is 2.18. The molecule has 0 bridgehead atoms. The minimum absolute atomic E-state index is 0.596. The number of aromatic nitrogens is 1. The highest BCUT2D eigenvalue weighted by atomic mass is 32.2. The fourth-order valence-corrected chi connectivity index (χ4v) is 2.05. The van der Waals surface area contributed by atoms with Crippen molar-refractivity contribution in [2.45, 2.75) is 38.0 Å². The molecule has 1 aromatic heterocycles. The van der Waals surface area contributed by atoms with Crippen LogP contribution in [0.5, 0.6) is 0 Å². The molecule has 1 nitrogen and oxygen atoms in total. The van der Waals surface area contributed by atoms with Crippen molar-refractivity contribution in [3.05, 3.63) is 35.5 Å². The molecule has 0 aliphatic rings. The average Bonchev–Trinajstić information content (AvgIpc) is 2.20. The summed E-state index contributed by atoms with van der Waals surface area (Å²) >= 11 is 1.66. The van der Waals surface area contributed by atoms with Gasteiger partial charge < -0.3 is 0 Å². The minimum atomic E-state index is 0.596. The lowest BCUT2D eigenvalue weighted by molar-refractivity contribution is 0.715. The molecule has 1 atom stereocenters. The molecule has 0 aliphatic heterocycles. The molecular weight excluding hydrogens is 190 g/mol. The molecule has 14 heavy (non-hydrogen) atoms.